The fourth-order valence-electron chi connectivity index (χ4n) is 1.48. The van der Waals surface area contributed by atoms with Gasteiger partial charge in [0, 0.05) is 12.5 Å². The molecule has 0 aliphatic heterocycles. The van der Waals surface area contributed by atoms with E-state index in [1.54, 1.807) is 13.2 Å². The molecule has 0 aliphatic rings. The number of ether oxygens (including phenoxy) is 1. The van der Waals surface area contributed by atoms with E-state index in [-0.39, 0.29) is 0 Å². The highest BCUT2D eigenvalue weighted by Crippen LogP contribution is 2.19. The van der Waals surface area contributed by atoms with Crippen molar-refractivity contribution >= 4 is 22.5 Å². The standard InChI is InChI=1S/C11H10ClNO/c1-14-7-8-3-2-4-10-9(8)5-6-11(12)13-10/h2-6H,7H2,1H3. The van der Waals surface area contributed by atoms with Crippen LogP contribution < -0.4 is 0 Å². The molecule has 0 radical (unpaired) electrons. The summed E-state index contributed by atoms with van der Waals surface area (Å²) in [5.41, 5.74) is 2.04. The third kappa shape index (κ3) is 1.72. The minimum Gasteiger partial charge on any atom is -0.380 e. The summed E-state index contributed by atoms with van der Waals surface area (Å²) >= 11 is 5.81. The van der Waals surface area contributed by atoms with Crippen LogP contribution in [0.3, 0.4) is 0 Å². The predicted octanol–water partition coefficient (Wildman–Crippen LogP) is 3.03. The normalized spacial score (nSPS) is 10.7. The van der Waals surface area contributed by atoms with Crippen LogP contribution >= 0.6 is 11.6 Å². The van der Waals surface area contributed by atoms with Crippen LogP contribution in [0, 0.1) is 0 Å². The van der Waals surface area contributed by atoms with E-state index in [4.69, 9.17) is 16.3 Å². The Hall–Kier alpha value is -1.12. The summed E-state index contributed by atoms with van der Waals surface area (Å²) in [7, 11) is 1.68. The second kappa shape index (κ2) is 3.95. The molecule has 1 heterocycles. The Morgan fingerprint density at radius 2 is 2.14 bits per heavy atom. The van der Waals surface area contributed by atoms with Crippen LogP contribution in [-0.2, 0) is 11.3 Å². The number of benzene rings is 1. The van der Waals surface area contributed by atoms with Gasteiger partial charge >= 0.3 is 0 Å². The Kier molecular flexibility index (Phi) is 2.66. The second-order valence-corrected chi connectivity index (χ2v) is 3.44. The summed E-state index contributed by atoms with van der Waals surface area (Å²) < 4.78 is 5.11. The molecule has 0 amide bonds. The molecule has 0 fully saturated rings. The maximum Gasteiger partial charge on any atom is 0.129 e. The number of rotatable bonds is 2. The van der Waals surface area contributed by atoms with Crippen LogP contribution in [0.4, 0.5) is 0 Å². The van der Waals surface area contributed by atoms with Crippen LogP contribution in [0.25, 0.3) is 10.9 Å². The summed E-state index contributed by atoms with van der Waals surface area (Å²) in [5.74, 6) is 0. The Balaban J connectivity index is 2.62. The van der Waals surface area contributed by atoms with Crippen molar-refractivity contribution in [3.63, 3.8) is 0 Å². The van der Waals surface area contributed by atoms with Crippen molar-refractivity contribution in [3.8, 4) is 0 Å². The molecule has 0 N–H and O–H groups in total. The summed E-state index contributed by atoms with van der Waals surface area (Å²) in [6, 6.07) is 9.70. The van der Waals surface area contributed by atoms with Crippen LogP contribution in [0.2, 0.25) is 5.15 Å². The monoisotopic (exact) mass is 207 g/mol. The van der Waals surface area contributed by atoms with Crippen LogP contribution in [0.5, 0.6) is 0 Å². The summed E-state index contributed by atoms with van der Waals surface area (Å²) in [6.45, 7) is 0.598. The highest BCUT2D eigenvalue weighted by atomic mass is 35.5. The van der Waals surface area contributed by atoms with E-state index in [0.717, 1.165) is 16.5 Å². The van der Waals surface area contributed by atoms with Gasteiger partial charge in [0.2, 0.25) is 0 Å². The van der Waals surface area contributed by atoms with Gasteiger partial charge in [0.05, 0.1) is 12.1 Å². The third-order valence-electron chi connectivity index (χ3n) is 2.09. The van der Waals surface area contributed by atoms with Gasteiger partial charge in [0.15, 0.2) is 0 Å². The Labute approximate surface area is 87.5 Å². The Morgan fingerprint density at radius 1 is 1.29 bits per heavy atom. The Morgan fingerprint density at radius 3 is 2.93 bits per heavy atom. The molecule has 72 valence electrons. The lowest BCUT2D eigenvalue weighted by molar-refractivity contribution is 0.186. The first-order valence-corrected chi connectivity index (χ1v) is 4.72. The van der Waals surface area contributed by atoms with E-state index in [9.17, 15) is 0 Å². The van der Waals surface area contributed by atoms with Gasteiger partial charge in [-0.15, -0.1) is 0 Å². The zero-order chi connectivity index (χ0) is 9.97. The molecule has 14 heavy (non-hydrogen) atoms. The second-order valence-electron chi connectivity index (χ2n) is 3.05. The SMILES string of the molecule is COCc1cccc2nc(Cl)ccc12. The first-order chi connectivity index (χ1) is 6.81. The fourth-order valence-corrected chi connectivity index (χ4v) is 1.63. The van der Waals surface area contributed by atoms with Gasteiger partial charge in [-0.2, -0.15) is 0 Å². The highest BCUT2D eigenvalue weighted by Gasteiger charge is 2.01. The number of fused-ring (bicyclic) bond motifs is 1. The average molecular weight is 208 g/mol. The first kappa shape index (κ1) is 9.44. The molecule has 2 nitrogen and oxygen atoms in total. The maximum absolute atomic E-state index is 5.81. The van der Waals surface area contributed by atoms with Crippen molar-refractivity contribution < 1.29 is 4.74 Å². The molecule has 0 atom stereocenters. The highest BCUT2D eigenvalue weighted by molar-refractivity contribution is 6.29. The molecule has 0 aliphatic carbocycles. The van der Waals surface area contributed by atoms with Crippen LogP contribution in [0.15, 0.2) is 30.3 Å². The molecule has 0 bridgehead atoms. The number of hydrogen-bond acceptors (Lipinski definition) is 2. The average Bonchev–Trinajstić information content (AvgIpc) is 2.18. The smallest absolute Gasteiger partial charge is 0.129 e. The number of hydrogen-bond donors (Lipinski definition) is 0. The summed E-state index contributed by atoms with van der Waals surface area (Å²) in [6.07, 6.45) is 0. The van der Waals surface area contributed by atoms with Gasteiger partial charge in [-0.1, -0.05) is 23.7 Å². The molecule has 2 aromatic rings. The number of nitrogens with zero attached hydrogens (tertiary/aromatic N) is 1. The van der Waals surface area contributed by atoms with Crippen molar-refractivity contribution in [1.82, 2.24) is 4.98 Å². The summed E-state index contributed by atoms with van der Waals surface area (Å²) in [5, 5.41) is 1.62. The number of aromatic nitrogens is 1. The lowest BCUT2D eigenvalue weighted by atomic mass is 10.1. The number of methoxy groups -OCH3 is 1. The van der Waals surface area contributed by atoms with E-state index in [0.29, 0.717) is 11.8 Å². The lowest BCUT2D eigenvalue weighted by Crippen LogP contribution is -1.90. The van der Waals surface area contributed by atoms with Gasteiger partial charge in [-0.05, 0) is 23.8 Å². The molecule has 0 saturated heterocycles. The molecule has 2 rings (SSSR count). The van der Waals surface area contributed by atoms with E-state index in [2.05, 4.69) is 4.98 Å². The van der Waals surface area contributed by atoms with Crippen molar-refractivity contribution in [2.24, 2.45) is 0 Å². The number of halogens is 1. The first-order valence-electron chi connectivity index (χ1n) is 4.34. The van der Waals surface area contributed by atoms with Gasteiger partial charge in [0.1, 0.15) is 5.15 Å². The van der Waals surface area contributed by atoms with Crippen molar-refractivity contribution in [3.05, 3.63) is 41.0 Å². The van der Waals surface area contributed by atoms with Gasteiger partial charge < -0.3 is 4.74 Å². The lowest BCUT2D eigenvalue weighted by Gasteiger charge is -2.04. The third-order valence-corrected chi connectivity index (χ3v) is 2.30. The molecule has 1 aromatic heterocycles. The zero-order valence-electron chi connectivity index (χ0n) is 7.83. The van der Waals surface area contributed by atoms with Crippen molar-refractivity contribution in [2.45, 2.75) is 6.61 Å². The largest absolute Gasteiger partial charge is 0.380 e. The molecule has 0 saturated carbocycles. The molecular formula is C11H10ClNO. The van der Waals surface area contributed by atoms with Gasteiger partial charge in [-0.3, -0.25) is 0 Å². The molecular weight excluding hydrogens is 198 g/mol. The van der Waals surface area contributed by atoms with Crippen molar-refractivity contribution in [1.29, 1.82) is 0 Å². The number of pyridine rings is 1. The quantitative estimate of drug-likeness (QED) is 0.707. The maximum atomic E-state index is 5.81. The van der Waals surface area contributed by atoms with Gasteiger partial charge in [0.25, 0.3) is 0 Å². The van der Waals surface area contributed by atoms with Crippen LogP contribution in [-0.4, -0.2) is 12.1 Å². The van der Waals surface area contributed by atoms with E-state index >= 15 is 0 Å². The van der Waals surface area contributed by atoms with E-state index < -0.39 is 0 Å². The minimum atomic E-state index is 0.520. The Bertz CT molecular complexity index is 456. The van der Waals surface area contributed by atoms with Gasteiger partial charge in [-0.25, -0.2) is 4.98 Å². The summed E-state index contributed by atoms with van der Waals surface area (Å²) in [4.78, 5) is 4.23. The van der Waals surface area contributed by atoms with E-state index in [1.165, 1.54) is 0 Å². The minimum absolute atomic E-state index is 0.520. The fraction of sp³-hybridized carbons (Fsp3) is 0.182. The van der Waals surface area contributed by atoms with Crippen molar-refractivity contribution in [2.75, 3.05) is 7.11 Å². The molecule has 3 heteroatoms. The van der Waals surface area contributed by atoms with E-state index in [1.807, 2.05) is 24.3 Å². The molecule has 1 aromatic carbocycles. The predicted molar refractivity (Wildman–Crippen MR) is 57.5 cm³/mol. The molecule has 0 spiro atoms. The zero-order valence-corrected chi connectivity index (χ0v) is 8.58. The topological polar surface area (TPSA) is 22.1 Å². The molecule has 0 unspecified atom stereocenters. The van der Waals surface area contributed by atoms with Crippen LogP contribution in [0.1, 0.15) is 5.56 Å².